The van der Waals surface area contributed by atoms with E-state index in [9.17, 15) is 0 Å². The minimum Gasteiger partial charge on any atom is -0.361 e. The van der Waals surface area contributed by atoms with Crippen molar-refractivity contribution in [2.45, 2.75) is 47.0 Å². The van der Waals surface area contributed by atoms with Crippen molar-refractivity contribution >= 4 is 8.97 Å². The van der Waals surface area contributed by atoms with Gasteiger partial charge in [0.2, 0.25) is 0 Å². The van der Waals surface area contributed by atoms with E-state index in [1.165, 1.54) is 12.8 Å². The first-order valence-corrected chi connectivity index (χ1v) is 8.14. The highest BCUT2D eigenvalue weighted by Gasteiger charge is 2.40. The summed E-state index contributed by atoms with van der Waals surface area (Å²) in [6.07, 6.45) is 3.45. The molecular formula is C11H27NO3Si. The molecule has 0 aliphatic heterocycles. The molecule has 0 aromatic rings. The van der Waals surface area contributed by atoms with Crippen LogP contribution in [0.3, 0.4) is 0 Å². The van der Waals surface area contributed by atoms with Crippen LogP contribution in [0.15, 0.2) is 0 Å². The van der Waals surface area contributed by atoms with Crippen LogP contribution in [0, 0.1) is 0 Å². The Morgan fingerprint density at radius 3 is 1.94 bits per heavy atom. The number of hydrogen-bond donors (Lipinski definition) is 1. The topological polar surface area (TPSA) is 39.7 Å². The highest BCUT2D eigenvalue weighted by atomic mass is 28.4. The second kappa shape index (κ2) is 10.2. The van der Waals surface area contributed by atoms with Crippen molar-refractivity contribution in [1.29, 1.82) is 0 Å². The van der Waals surface area contributed by atoms with E-state index >= 15 is 0 Å². The Labute approximate surface area is 101 Å². The Hall–Kier alpha value is 0.0569. The van der Waals surface area contributed by atoms with E-state index in [2.05, 4.69) is 11.9 Å². The zero-order valence-electron chi connectivity index (χ0n) is 11.2. The van der Waals surface area contributed by atoms with Crippen molar-refractivity contribution in [3.8, 4) is 0 Å². The third-order valence-corrected chi connectivity index (χ3v) is 4.81. The predicted octanol–water partition coefficient (Wildman–Crippen LogP) is 2.31. The molecule has 0 heterocycles. The fraction of sp³-hybridized carbons (Fsp3) is 1.00. The predicted molar refractivity (Wildman–Crippen MR) is 68.2 cm³/mol. The first kappa shape index (κ1) is 16.1. The van der Waals surface area contributed by atoms with Crippen LogP contribution in [0.4, 0.5) is 0 Å². The van der Waals surface area contributed by atoms with Gasteiger partial charge in [0.15, 0.2) is 0 Å². The van der Waals surface area contributed by atoms with E-state index < -0.39 is 8.97 Å². The fourth-order valence-electron chi connectivity index (χ4n) is 1.43. The molecule has 0 fully saturated rings. The van der Waals surface area contributed by atoms with Crippen molar-refractivity contribution < 1.29 is 13.3 Å². The molecule has 0 radical (unpaired) electrons. The summed E-state index contributed by atoms with van der Waals surface area (Å²) in [5.74, 6) is 0. The number of unbranched alkanes of at least 4 members (excludes halogenated alkanes) is 2. The summed E-state index contributed by atoms with van der Waals surface area (Å²) in [7, 11) is -2.60. The van der Waals surface area contributed by atoms with Crippen LogP contribution in [0.2, 0.25) is 0 Å². The maximum Gasteiger partial charge on any atom is 0.596 e. The summed E-state index contributed by atoms with van der Waals surface area (Å²) in [6.45, 7) is 10.9. The highest BCUT2D eigenvalue weighted by Crippen LogP contribution is 2.08. The lowest BCUT2D eigenvalue weighted by molar-refractivity contribution is 0.0552. The molecule has 0 rings (SSSR count). The number of hydrogen-bond acceptors (Lipinski definition) is 4. The summed E-state index contributed by atoms with van der Waals surface area (Å²) in [5.41, 5.74) is 0. The number of nitrogens with one attached hydrogen (secondary N) is 1. The normalized spacial score (nSPS) is 12.0. The van der Waals surface area contributed by atoms with Crippen molar-refractivity contribution in [3.63, 3.8) is 0 Å². The summed E-state index contributed by atoms with van der Waals surface area (Å²) in [4.78, 5) is 3.25. The molecule has 0 spiro atoms. The van der Waals surface area contributed by atoms with Gasteiger partial charge in [-0.25, -0.2) is 0 Å². The molecule has 0 aliphatic carbocycles. The van der Waals surface area contributed by atoms with Crippen LogP contribution in [0.25, 0.3) is 0 Å². The molecule has 0 amide bonds. The lowest BCUT2D eigenvalue weighted by Gasteiger charge is -2.28. The second-order valence-electron chi connectivity index (χ2n) is 3.51. The first-order chi connectivity index (χ1) is 7.74. The smallest absolute Gasteiger partial charge is 0.361 e. The van der Waals surface area contributed by atoms with Crippen LogP contribution in [-0.2, 0) is 13.3 Å². The maximum absolute atomic E-state index is 5.84. The highest BCUT2D eigenvalue weighted by molar-refractivity contribution is 6.57. The van der Waals surface area contributed by atoms with Gasteiger partial charge in [0, 0.05) is 19.8 Å². The molecular weight excluding hydrogens is 222 g/mol. The summed E-state index contributed by atoms with van der Waals surface area (Å²) in [6, 6.07) is 0. The second-order valence-corrected chi connectivity index (χ2v) is 5.84. The summed E-state index contributed by atoms with van der Waals surface area (Å²) >= 11 is 0. The molecule has 0 bridgehead atoms. The average molecular weight is 249 g/mol. The van der Waals surface area contributed by atoms with Gasteiger partial charge in [0.1, 0.15) is 0 Å². The van der Waals surface area contributed by atoms with E-state index in [-0.39, 0.29) is 0 Å². The van der Waals surface area contributed by atoms with Crippen LogP contribution >= 0.6 is 0 Å². The molecule has 0 saturated carbocycles. The third kappa shape index (κ3) is 6.60. The Morgan fingerprint density at radius 1 is 0.875 bits per heavy atom. The molecule has 16 heavy (non-hydrogen) atoms. The average Bonchev–Trinajstić information content (AvgIpc) is 2.26. The number of rotatable bonds is 11. The standard InChI is InChI=1S/C11H27NO3Si/c1-5-9-10-11-15-16(12-6-2,13-7-3)14-8-4/h12H,5-11H2,1-4H3. The van der Waals surface area contributed by atoms with Crippen LogP contribution < -0.4 is 4.98 Å². The first-order valence-electron chi connectivity index (χ1n) is 6.41. The third-order valence-electron chi connectivity index (χ3n) is 2.10. The van der Waals surface area contributed by atoms with Gasteiger partial charge in [-0.3, -0.25) is 4.98 Å². The molecule has 0 unspecified atom stereocenters. The van der Waals surface area contributed by atoms with Gasteiger partial charge in [-0.2, -0.15) is 0 Å². The van der Waals surface area contributed by atoms with Crippen molar-refractivity contribution in [2.75, 3.05) is 26.4 Å². The molecule has 0 aromatic carbocycles. The SMILES string of the molecule is CCCCCO[Si](NCC)(OCC)OCC. The summed E-state index contributed by atoms with van der Waals surface area (Å²) in [5, 5.41) is 0. The Morgan fingerprint density at radius 2 is 1.50 bits per heavy atom. The Balaban J connectivity index is 4.12. The van der Waals surface area contributed by atoms with Gasteiger partial charge in [-0.15, -0.1) is 0 Å². The Kier molecular flexibility index (Phi) is 10.3. The van der Waals surface area contributed by atoms with Crippen LogP contribution in [0.5, 0.6) is 0 Å². The van der Waals surface area contributed by atoms with Gasteiger partial charge in [-0.1, -0.05) is 26.7 Å². The van der Waals surface area contributed by atoms with Gasteiger partial charge >= 0.3 is 8.97 Å². The monoisotopic (exact) mass is 249 g/mol. The van der Waals surface area contributed by atoms with Crippen molar-refractivity contribution in [3.05, 3.63) is 0 Å². The lowest BCUT2D eigenvalue weighted by atomic mass is 10.3. The molecule has 0 aliphatic rings. The van der Waals surface area contributed by atoms with E-state index in [4.69, 9.17) is 13.3 Å². The molecule has 5 heteroatoms. The lowest BCUT2D eigenvalue weighted by Crippen LogP contribution is -2.59. The van der Waals surface area contributed by atoms with E-state index in [1.807, 2.05) is 20.8 Å². The Bertz CT molecular complexity index is 141. The molecule has 4 nitrogen and oxygen atoms in total. The maximum atomic E-state index is 5.84. The van der Waals surface area contributed by atoms with Crippen LogP contribution in [-0.4, -0.2) is 35.3 Å². The van der Waals surface area contributed by atoms with Gasteiger partial charge in [-0.05, 0) is 26.8 Å². The zero-order chi connectivity index (χ0) is 12.3. The van der Waals surface area contributed by atoms with E-state index in [0.717, 1.165) is 13.0 Å². The van der Waals surface area contributed by atoms with E-state index in [1.54, 1.807) is 0 Å². The van der Waals surface area contributed by atoms with E-state index in [0.29, 0.717) is 19.8 Å². The quantitative estimate of drug-likeness (QED) is 0.450. The molecule has 0 saturated heterocycles. The molecule has 0 aromatic heterocycles. The molecule has 0 atom stereocenters. The van der Waals surface area contributed by atoms with Gasteiger partial charge in [0.05, 0.1) is 0 Å². The molecule has 1 N–H and O–H groups in total. The molecule has 98 valence electrons. The minimum atomic E-state index is -2.60. The zero-order valence-corrected chi connectivity index (χ0v) is 12.2. The van der Waals surface area contributed by atoms with Crippen molar-refractivity contribution in [1.82, 2.24) is 4.98 Å². The van der Waals surface area contributed by atoms with Gasteiger partial charge < -0.3 is 13.3 Å². The van der Waals surface area contributed by atoms with Gasteiger partial charge in [0.25, 0.3) is 0 Å². The largest absolute Gasteiger partial charge is 0.596 e. The van der Waals surface area contributed by atoms with Crippen molar-refractivity contribution in [2.24, 2.45) is 0 Å². The fourth-order valence-corrected chi connectivity index (χ4v) is 3.60. The van der Waals surface area contributed by atoms with Crippen LogP contribution in [0.1, 0.15) is 47.0 Å². The minimum absolute atomic E-state index is 0.618. The summed E-state index contributed by atoms with van der Waals surface area (Å²) < 4.78 is 17.2.